The summed E-state index contributed by atoms with van der Waals surface area (Å²) in [4.78, 5) is 11.6. The zero-order valence-electron chi connectivity index (χ0n) is 11.0. The smallest absolute Gasteiger partial charge is 0.312 e. The van der Waals surface area contributed by atoms with Gasteiger partial charge in [-0.05, 0) is 13.3 Å². The molecule has 0 amide bonds. The predicted octanol–water partition coefficient (Wildman–Crippen LogP) is 1.98. The van der Waals surface area contributed by atoms with Gasteiger partial charge in [-0.25, -0.2) is 0 Å². The lowest BCUT2D eigenvalue weighted by atomic mass is 10.1. The SMILES string of the molecule is [2H]/C(=C/[Si](C)(C)C)C(CCO)C(=O)OCC. The molecule has 15 heavy (non-hydrogen) atoms. The molecular formula is C11H22O3Si. The van der Waals surface area contributed by atoms with Crippen molar-refractivity contribution in [3.05, 3.63) is 11.8 Å². The van der Waals surface area contributed by atoms with Gasteiger partial charge in [0.1, 0.15) is 0 Å². The van der Waals surface area contributed by atoms with Crippen molar-refractivity contribution >= 4 is 14.0 Å². The van der Waals surface area contributed by atoms with E-state index in [2.05, 4.69) is 19.6 Å². The summed E-state index contributed by atoms with van der Waals surface area (Å²) in [5.74, 6) is -1.02. The first-order valence-electron chi connectivity index (χ1n) is 5.78. The van der Waals surface area contributed by atoms with Gasteiger partial charge in [-0.1, -0.05) is 31.4 Å². The lowest BCUT2D eigenvalue weighted by Gasteiger charge is -2.13. The number of rotatable bonds is 6. The monoisotopic (exact) mass is 231 g/mol. The lowest BCUT2D eigenvalue weighted by Crippen LogP contribution is -2.20. The van der Waals surface area contributed by atoms with E-state index in [0.29, 0.717) is 6.61 Å². The number of carbonyl (C=O) groups is 1. The molecular weight excluding hydrogens is 208 g/mol. The summed E-state index contributed by atoms with van der Waals surface area (Å²) in [7, 11) is -1.52. The van der Waals surface area contributed by atoms with Crippen LogP contribution in [0.5, 0.6) is 0 Å². The van der Waals surface area contributed by atoms with Crippen molar-refractivity contribution < 1.29 is 16.0 Å². The van der Waals surface area contributed by atoms with E-state index in [9.17, 15) is 4.79 Å². The summed E-state index contributed by atoms with van der Waals surface area (Å²) in [6.45, 7) is 8.24. The number of hydrogen-bond acceptors (Lipinski definition) is 3. The Hall–Kier alpha value is -0.613. The van der Waals surface area contributed by atoms with Crippen molar-refractivity contribution in [2.24, 2.45) is 5.92 Å². The van der Waals surface area contributed by atoms with Gasteiger partial charge in [0.15, 0.2) is 0 Å². The van der Waals surface area contributed by atoms with Gasteiger partial charge in [0.05, 0.1) is 22.0 Å². The summed E-state index contributed by atoms with van der Waals surface area (Å²) in [5, 5.41) is 8.89. The van der Waals surface area contributed by atoms with Crippen molar-refractivity contribution in [2.45, 2.75) is 33.0 Å². The lowest BCUT2D eigenvalue weighted by molar-refractivity contribution is -0.146. The second-order valence-corrected chi connectivity index (χ2v) is 9.51. The van der Waals surface area contributed by atoms with Crippen LogP contribution in [0.15, 0.2) is 11.8 Å². The Labute approximate surface area is 94.6 Å². The molecule has 0 aromatic carbocycles. The fourth-order valence-corrected chi connectivity index (χ4v) is 1.69. The molecule has 0 heterocycles. The van der Waals surface area contributed by atoms with Gasteiger partial charge in [0.2, 0.25) is 0 Å². The van der Waals surface area contributed by atoms with Crippen LogP contribution in [0.3, 0.4) is 0 Å². The average molecular weight is 231 g/mol. The largest absolute Gasteiger partial charge is 0.466 e. The molecule has 0 saturated heterocycles. The molecule has 0 radical (unpaired) electrons. The fourth-order valence-electron chi connectivity index (χ4n) is 0.992. The van der Waals surface area contributed by atoms with Crippen molar-refractivity contribution in [3.8, 4) is 0 Å². The summed E-state index contributed by atoms with van der Waals surface area (Å²) in [6.07, 6.45) is 0.263. The second-order valence-electron chi connectivity index (χ2n) is 4.49. The molecule has 0 aliphatic carbocycles. The molecule has 0 aliphatic heterocycles. The number of carbonyl (C=O) groups excluding carboxylic acids is 1. The van der Waals surface area contributed by atoms with Gasteiger partial charge in [-0.2, -0.15) is 0 Å². The van der Waals surface area contributed by atoms with Gasteiger partial charge in [0.25, 0.3) is 0 Å². The highest BCUT2D eigenvalue weighted by Gasteiger charge is 2.17. The maximum atomic E-state index is 11.6. The van der Waals surface area contributed by atoms with Gasteiger partial charge in [-0.15, -0.1) is 0 Å². The summed E-state index contributed by atoms with van der Waals surface area (Å²) < 4.78 is 12.8. The quantitative estimate of drug-likeness (QED) is 0.561. The van der Waals surface area contributed by atoms with Crippen LogP contribution in [-0.4, -0.2) is 32.4 Å². The minimum Gasteiger partial charge on any atom is -0.466 e. The Morgan fingerprint density at radius 3 is 2.60 bits per heavy atom. The Bertz CT molecular complexity index is 258. The van der Waals surface area contributed by atoms with Crippen LogP contribution in [0.1, 0.15) is 14.7 Å². The molecule has 0 aromatic rings. The molecule has 3 nitrogen and oxygen atoms in total. The molecule has 4 heteroatoms. The third-order valence-corrected chi connectivity index (χ3v) is 2.74. The van der Waals surface area contributed by atoms with Crippen LogP contribution >= 0.6 is 0 Å². The van der Waals surface area contributed by atoms with E-state index in [0.717, 1.165) is 0 Å². The standard InChI is InChI=1S/C11H22O3Si/c1-5-14-11(13)10(6-8-12)7-9-15(2,3)4/h7,9-10,12H,5-6,8H2,1-4H3/b9-7-/i7D. The van der Waals surface area contributed by atoms with E-state index in [4.69, 9.17) is 11.2 Å². The first kappa shape index (κ1) is 12.5. The normalized spacial score (nSPS) is 15.8. The second kappa shape index (κ2) is 6.79. The number of aliphatic hydroxyl groups is 1. The van der Waals surface area contributed by atoms with Crippen molar-refractivity contribution in [2.75, 3.05) is 13.2 Å². The van der Waals surface area contributed by atoms with E-state index < -0.39 is 20.0 Å². The van der Waals surface area contributed by atoms with E-state index >= 15 is 0 Å². The van der Waals surface area contributed by atoms with E-state index in [1.165, 1.54) is 0 Å². The van der Waals surface area contributed by atoms with Gasteiger partial charge in [0, 0.05) is 6.61 Å². The van der Waals surface area contributed by atoms with Crippen LogP contribution in [0.2, 0.25) is 19.6 Å². The van der Waals surface area contributed by atoms with Gasteiger partial charge in [-0.3, -0.25) is 4.79 Å². The number of ether oxygens (including phenoxy) is 1. The maximum absolute atomic E-state index is 11.6. The van der Waals surface area contributed by atoms with Gasteiger partial charge >= 0.3 is 5.97 Å². The van der Waals surface area contributed by atoms with Crippen LogP contribution in [0.25, 0.3) is 0 Å². The van der Waals surface area contributed by atoms with Crippen molar-refractivity contribution in [1.82, 2.24) is 0 Å². The Morgan fingerprint density at radius 2 is 2.20 bits per heavy atom. The first-order valence-corrected chi connectivity index (χ1v) is 8.86. The molecule has 0 rings (SSSR count). The number of aliphatic hydroxyl groups excluding tert-OH is 1. The third-order valence-electron chi connectivity index (χ3n) is 1.71. The van der Waals surface area contributed by atoms with E-state index in [1.807, 2.05) is 5.70 Å². The zero-order valence-corrected chi connectivity index (χ0v) is 11.0. The van der Waals surface area contributed by atoms with Gasteiger partial charge < -0.3 is 9.84 Å². The molecule has 0 bridgehead atoms. The van der Waals surface area contributed by atoms with E-state index in [1.54, 1.807) is 6.92 Å². The Balaban J connectivity index is 4.77. The summed E-state index contributed by atoms with van der Waals surface area (Å²) in [5.41, 5.74) is 1.87. The minimum absolute atomic E-state index is 0.106. The highest BCUT2D eigenvalue weighted by molar-refractivity contribution is 6.80. The Kier molecular flexibility index (Phi) is 5.64. The number of esters is 1. The fraction of sp³-hybridized carbons (Fsp3) is 0.727. The number of hydrogen-bond donors (Lipinski definition) is 1. The molecule has 0 aromatic heterocycles. The van der Waals surface area contributed by atoms with Crippen LogP contribution < -0.4 is 0 Å². The first-order chi connectivity index (χ1) is 7.31. The predicted molar refractivity (Wildman–Crippen MR) is 64.3 cm³/mol. The molecule has 1 atom stereocenters. The third kappa shape index (κ3) is 7.33. The van der Waals surface area contributed by atoms with Crippen molar-refractivity contribution in [1.29, 1.82) is 0 Å². The molecule has 0 aliphatic rings. The minimum atomic E-state index is -1.52. The summed E-state index contributed by atoms with van der Waals surface area (Å²) in [6, 6.07) is 0.284. The molecule has 0 spiro atoms. The average Bonchev–Trinajstić information content (AvgIpc) is 2.11. The molecule has 1 unspecified atom stereocenters. The van der Waals surface area contributed by atoms with Crippen LogP contribution in [0.4, 0.5) is 0 Å². The van der Waals surface area contributed by atoms with Crippen LogP contribution in [-0.2, 0) is 9.53 Å². The molecule has 0 saturated carbocycles. The summed E-state index contributed by atoms with van der Waals surface area (Å²) >= 11 is 0. The Morgan fingerprint density at radius 1 is 1.60 bits per heavy atom. The van der Waals surface area contributed by atoms with E-state index in [-0.39, 0.29) is 19.1 Å². The highest BCUT2D eigenvalue weighted by atomic mass is 28.3. The van der Waals surface area contributed by atoms with Crippen LogP contribution in [0, 0.1) is 5.92 Å². The maximum Gasteiger partial charge on any atom is 0.312 e. The highest BCUT2D eigenvalue weighted by Crippen LogP contribution is 2.11. The van der Waals surface area contributed by atoms with Crippen molar-refractivity contribution in [3.63, 3.8) is 0 Å². The molecule has 1 N–H and O–H groups in total. The molecule has 0 fully saturated rings. The zero-order chi connectivity index (χ0) is 12.8. The molecule has 88 valence electrons. The topological polar surface area (TPSA) is 46.5 Å².